The van der Waals surface area contributed by atoms with Gasteiger partial charge in [0, 0.05) is 12.7 Å². The molecule has 0 aliphatic rings. The van der Waals surface area contributed by atoms with Gasteiger partial charge in [0.1, 0.15) is 10.8 Å². The van der Waals surface area contributed by atoms with E-state index in [1.807, 2.05) is 0 Å². The average molecular weight is 208 g/mol. The van der Waals surface area contributed by atoms with Gasteiger partial charge in [0.2, 0.25) is 0 Å². The molecule has 72 valence electrons. The highest BCUT2D eigenvalue weighted by atomic mass is 32.1. The number of rotatable bonds is 2. The third kappa shape index (κ3) is 1.81. The molecule has 2 N–H and O–H groups in total. The van der Waals surface area contributed by atoms with Crippen LogP contribution in [0.25, 0.3) is 10.4 Å². The average Bonchev–Trinajstić information content (AvgIpc) is 2.67. The summed E-state index contributed by atoms with van der Waals surface area (Å²) in [6.45, 7) is 0.450. The lowest BCUT2D eigenvalue weighted by atomic mass is 10.2. The molecule has 1 aromatic heterocycles. The van der Waals surface area contributed by atoms with Crippen molar-refractivity contribution in [3.8, 4) is 10.4 Å². The van der Waals surface area contributed by atoms with Crippen molar-refractivity contribution in [2.45, 2.75) is 6.54 Å². The monoisotopic (exact) mass is 208 g/mol. The minimum Gasteiger partial charge on any atom is -0.325 e. The van der Waals surface area contributed by atoms with Crippen LogP contribution in [0.3, 0.4) is 0 Å². The summed E-state index contributed by atoms with van der Waals surface area (Å²) in [4.78, 5) is 5.15. The Morgan fingerprint density at radius 1 is 1.29 bits per heavy atom. The summed E-state index contributed by atoms with van der Waals surface area (Å²) in [5.41, 5.74) is 6.43. The fourth-order valence-corrected chi connectivity index (χ4v) is 1.95. The van der Waals surface area contributed by atoms with Gasteiger partial charge in [-0.15, -0.1) is 11.3 Å². The van der Waals surface area contributed by atoms with Crippen molar-refractivity contribution in [3.05, 3.63) is 41.3 Å². The van der Waals surface area contributed by atoms with Gasteiger partial charge >= 0.3 is 0 Å². The van der Waals surface area contributed by atoms with Crippen LogP contribution in [0.15, 0.2) is 30.5 Å². The van der Waals surface area contributed by atoms with E-state index in [1.54, 1.807) is 18.3 Å². The number of nitrogens with two attached hydrogens (primary N) is 1. The maximum absolute atomic E-state index is 12.6. The van der Waals surface area contributed by atoms with Crippen LogP contribution >= 0.6 is 11.3 Å². The van der Waals surface area contributed by atoms with Crippen molar-refractivity contribution in [2.24, 2.45) is 5.73 Å². The molecule has 0 aliphatic carbocycles. The molecule has 0 spiro atoms. The number of aromatic nitrogens is 1. The van der Waals surface area contributed by atoms with E-state index in [-0.39, 0.29) is 5.82 Å². The largest absolute Gasteiger partial charge is 0.325 e. The predicted octanol–water partition coefficient (Wildman–Crippen LogP) is 2.41. The molecule has 0 amide bonds. The summed E-state index contributed by atoms with van der Waals surface area (Å²) in [6, 6.07) is 6.36. The van der Waals surface area contributed by atoms with Crippen molar-refractivity contribution >= 4 is 11.3 Å². The van der Waals surface area contributed by atoms with E-state index in [1.165, 1.54) is 23.5 Å². The lowest BCUT2D eigenvalue weighted by molar-refractivity contribution is 0.628. The first-order valence-corrected chi connectivity index (χ1v) is 5.02. The van der Waals surface area contributed by atoms with E-state index in [0.717, 1.165) is 15.4 Å². The zero-order valence-corrected chi connectivity index (χ0v) is 8.22. The van der Waals surface area contributed by atoms with Gasteiger partial charge < -0.3 is 5.73 Å². The number of thiazole rings is 1. The summed E-state index contributed by atoms with van der Waals surface area (Å²) in [6.07, 6.45) is 1.76. The summed E-state index contributed by atoms with van der Waals surface area (Å²) < 4.78 is 12.6. The smallest absolute Gasteiger partial charge is 0.123 e. The molecule has 0 bridgehead atoms. The molecule has 2 aromatic rings. The van der Waals surface area contributed by atoms with Crippen molar-refractivity contribution in [3.63, 3.8) is 0 Å². The fourth-order valence-electron chi connectivity index (χ4n) is 1.15. The summed E-state index contributed by atoms with van der Waals surface area (Å²) >= 11 is 1.53. The Labute approximate surface area is 85.2 Å². The number of hydrogen-bond acceptors (Lipinski definition) is 3. The second kappa shape index (κ2) is 3.86. The lowest BCUT2D eigenvalue weighted by Gasteiger charge is -1.94. The van der Waals surface area contributed by atoms with E-state index in [9.17, 15) is 4.39 Å². The predicted molar refractivity (Wildman–Crippen MR) is 55.4 cm³/mol. The van der Waals surface area contributed by atoms with E-state index in [2.05, 4.69) is 4.98 Å². The van der Waals surface area contributed by atoms with Gasteiger partial charge in [0.15, 0.2) is 0 Å². The molecule has 1 aromatic carbocycles. The van der Waals surface area contributed by atoms with E-state index in [0.29, 0.717) is 6.54 Å². The number of nitrogens with zero attached hydrogens (tertiary/aromatic N) is 1. The number of halogens is 1. The van der Waals surface area contributed by atoms with Gasteiger partial charge in [-0.2, -0.15) is 0 Å². The van der Waals surface area contributed by atoms with Gasteiger partial charge in [-0.3, -0.25) is 0 Å². The lowest BCUT2D eigenvalue weighted by Crippen LogP contribution is -1.93. The van der Waals surface area contributed by atoms with Crippen LogP contribution in [0.1, 0.15) is 5.01 Å². The Kier molecular flexibility index (Phi) is 2.56. The highest BCUT2D eigenvalue weighted by molar-refractivity contribution is 7.15. The van der Waals surface area contributed by atoms with Crippen molar-refractivity contribution in [2.75, 3.05) is 0 Å². The van der Waals surface area contributed by atoms with Crippen molar-refractivity contribution in [1.82, 2.24) is 4.98 Å². The zero-order chi connectivity index (χ0) is 9.97. The maximum atomic E-state index is 12.6. The van der Waals surface area contributed by atoms with Crippen LogP contribution in [0.5, 0.6) is 0 Å². The molecule has 0 saturated carbocycles. The zero-order valence-electron chi connectivity index (χ0n) is 7.40. The van der Waals surface area contributed by atoms with Crippen molar-refractivity contribution in [1.29, 1.82) is 0 Å². The van der Waals surface area contributed by atoms with Crippen molar-refractivity contribution < 1.29 is 4.39 Å². The molecule has 4 heteroatoms. The third-order valence-corrected chi connectivity index (χ3v) is 2.93. The molecule has 2 rings (SSSR count). The fraction of sp³-hybridized carbons (Fsp3) is 0.100. The minimum atomic E-state index is -0.225. The summed E-state index contributed by atoms with van der Waals surface area (Å²) in [5, 5.41) is 0.893. The van der Waals surface area contributed by atoms with Crippen LogP contribution in [-0.2, 0) is 6.54 Å². The second-order valence-electron chi connectivity index (χ2n) is 2.83. The maximum Gasteiger partial charge on any atom is 0.123 e. The first kappa shape index (κ1) is 9.30. The molecule has 0 atom stereocenters. The molecule has 0 aliphatic heterocycles. The summed E-state index contributed by atoms with van der Waals surface area (Å²) in [5.74, 6) is -0.225. The highest BCUT2D eigenvalue weighted by Crippen LogP contribution is 2.25. The Hall–Kier alpha value is -1.26. The molecule has 1 heterocycles. The second-order valence-corrected chi connectivity index (χ2v) is 3.94. The molecule has 2 nitrogen and oxygen atoms in total. The van der Waals surface area contributed by atoms with Gasteiger partial charge in [-0.05, 0) is 17.7 Å². The summed E-state index contributed by atoms with van der Waals surface area (Å²) in [7, 11) is 0. The SMILES string of the molecule is NCc1ncc(-c2ccc(F)cc2)s1. The molecule has 0 radical (unpaired) electrons. The van der Waals surface area contributed by atoms with E-state index >= 15 is 0 Å². The standard InChI is InChI=1S/C10H9FN2S/c11-8-3-1-7(2-4-8)9-6-13-10(5-12)14-9/h1-4,6H,5,12H2. The topological polar surface area (TPSA) is 38.9 Å². The van der Waals surface area contributed by atoms with Crippen LogP contribution < -0.4 is 5.73 Å². The first-order chi connectivity index (χ1) is 6.79. The van der Waals surface area contributed by atoms with Gasteiger partial charge in [-0.25, -0.2) is 9.37 Å². The number of hydrogen-bond donors (Lipinski definition) is 1. The Morgan fingerprint density at radius 2 is 2.00 bits per heavy atom. The van der Waals surface area contributed by atoms with Gasteiger partial charge in [-0.1, -0.05) is 12.1 Å². The Bertz CT molecular complexity index is 422. The Balaban J connectivity index is 2.34. The first-order valence-electron chi connectivity index (χ1n) is 4.20. The van der Waals surface area contributed by atoms with Gasteiger partial charge in [0.05, 0.1) is 4.88 Å². The minimum absolute atomic E-state index is 0.225. The quantitative estimate of drug-likeness (QED) is 0.823. The van der Waals surface area contributed by atoms with Crippen LogP contribution in [-0.4, -0.2) is 4.98 Å². The molecule has 14 heavy (non-hydrogen) atoms. The van der Waals surface area contributed by atoms with Crippen LogP contribution in [0.2, 0.25) is 0 Å². The highest BCUT2D eigenvalue weighted by Gasteiger charge is 2.02. The normalized spacial score (nSPS) is 10.4. The number of benzene rings is 1. The van der Waals surface area contributed by atoms with Gasteiger partial charge in [0.25, 0.3) is 0 Å². The molecule has 0 fully saturated rings. The van der Waals surface area contributed by atoms with Crippen LogP contribution in [0, 0.1) is 5.82 Å². The third-order valence-electron chi connectivity index (χ3n) is 1.86. The van der Waals surface area contributed by atoms with E-state index in [4.69, 9.17) is 5.73 Å². The van der Waals surface area contributed by atoms with E-state index < -0.39 is 0 Å². The molecule has 0 saturated heterocycles. The Morgan fingerprint density at radius 3 is 2.57 bits per heavy atom. The molecular weight excluding hydrogens is 199 g/mol. The molecular formula is C10H9FN2S. The van der Waals surface area contributed by atoms with Crippen LogP contribution in [0.4, 0.5) is 4.39 Å². The molecule has 0 unspecified atom stereocenters.